The van der Waals surface area contributed by atoms with E-state index in [1.807, 2.05) is 60.7 Å². The summed E-state index contributed by atoms with van der Waals surface area (Å²) in [5, 5.41) is 13.3. The van der Waals surface area contributed by atoms with Gasteiger partial charge in [-0.2, -0.15) is 0 Å². The molecule has 4 aromatic carbocycles. The van der Waals surface area contributed by atoms with Crippen molar-refractivity contribution in [1.82, 2.24) is 5.32 Å². The predicted molar refractivity (Wildman–Crippen MR) is 137 cm³/mol. The smallest absolute Gasteiger partial charge is 0.323 e. The number of carbonyl (C=O) groups is 1. The van der Waals surface area contributed by atoms with Crippen molar-refractivity contribution in [3.8, 4) is 5.75 Å². The number of esters is 1. The highest BCUT2D eigenvalue weighted by atomic mass is 32.2. The quantitative estimate of drug-likeness (QED) is 0.307. The van der Waals surface area contributed by atoms with E-state index >= 15 is 0 Å². The van der Waals surface area contributed by atoms with Crippen LogP contribution in [0.3, 0.4) is 0 Å². The summed E-state index contributed by atoms with van der Waals surface area (Å²) in [5.41, 5.74) is 2.23. The Hall–Kier alpha value is -3.94. The standard InChI is InChI=1S/C29H27NO5S/c31-25-17-16-24(28(19-25)36(33,34)26-14-8-3-9-15-26)18-27(30-20-22-10-4-1-5-11-22)29(32)35-21-23-12-6-2-7-13-23/h1-17,19,27,30-31H,18,20-21H2/t27-/m0/s1. The molecule has 4 aromatic rings. The Morgan fingerprint density at radius 1 is 0.806 bits per heavy atom. The van der Waals surface area contributed by atoms with Crippen molar-refractivity contribution in [2.75, 3.05) is 0 Å². The van der Waals surface area contributed by atoms with Crippen molar-refractivity contribution in [3.63, 3.8) is 0 Å². The van der Waals surface area contributed by atoms with Crippen LogP contribution in [0.5, 0.6) is 5.75 Å². The summed E-state index contributed by atoms with van der Waals surface area (Å²) < 4.78 is 32.4. The predicted octanol–water partition coefficient (Wildman–Crippen LogP) is 4.67. The lowest BCUT2D eigenvalue weighted by Crippen LogP contribution is -2.39. The highest BCUT2D eigenvalue weighted by molar-refractivity contribution is 7.91. The van der Waals surface area contributed by atoms with Crippen molar-refractivity contribution in [2.24, 2.45) is 0 Å². The number of aromatic hydroxyl groups is 1. The zero-order valence-electron chi connectivity index (χ0n) is 19.6. The lowest BCUT2D eigenvalue weighted by Gasteiger charge is -2.20. The average Bonchev–Trinajstić information content (AvgIpc) is 2.92. The molecule has 6 nitrogen and oxygen atoms in total. The maximum atomic E-state index is 13.4. The molecule has 0 aromatic heterocycles. The van der Waals surface area contributed by atoms with Gasteiger partial charge in [-0.15, -0.1) is 0 Å². The fourth-order valence-electron chi connectivity index (χ4n) is 3.81. The molecule has 2 N–H and O–H groups in total. The van der Waals surface area contributed by atoms with Crippen LogP contribution >= 0.6 is 0 Å². The van der Waals surface area contributed by atoms with Crippen LogP contribution in [0.4, 0.5) is 0 Å². The van der Waals surface area contributed by atoms with Gasteiger partial charge in [0, 0.05) is 6.54 Å². The van der Waals surface area contributed by atoms with Gasteiger partial charge in [0.25, 0.3) is 0 Å². The molecule has 1 atom stereocenters. The summed E-state index contributed by atoms with van der Waals surface area (Å²) in [6, 6.07) is 30.3. The Morgan fingerprint density at radius 3 is 2.03 bits per heavy atom. The maximum absolute atomic E-state index is 13.4. The van der Waals surface area contributed by atoms with Gasteiger partial charge in [-0.25, -0.2) is 8.42 Å². The third-order valence-corrected chi connectivity index (χ3v) is 7.57. The molecule has 7 heteroatoms. The molecule has 0 unspecified atom stereocenters. The molecule has 0 aliphatic rings. The zero-order valence-corrected chi connectivity index (χ0v) is 20.4. The van der Waals surface area contributed by atoms with E-state index in [0.717, 1.165) is 11.1 Å². The summed E-state index contributed by atoms with van der Waals surface area (Å²) in [6.45, 7) is 0.499. The average molecular weight is 502 g/mol. The van der Waals surface area contributed by atoms with Gasteiger partial charge in [0.15, 0.2) is 0 Å². The van der Waals surface area contributed by atoms with Crippen LogP contribution in [0.25, 0.3) is 0 Å². The highest BCUT2D eigenvalue weighted by Crippen LogP contribution is 2.28. The van der Waals surface area contributed by atoms with Gasteiger partial charge >= 0.3 is 5.97 Å². The lowest BCUT2D eigenvalue weighted by molar-refractivity contribution is -0.147. The molecule has 0 saturated heterocycles. The molecule has 0 saturated carbocycles. The monoisotopic (exact) mass is 501 g/mol. The fraction of sp³-hybridized carbons (Fsp3) is 0.138. The zero-order chi connectivity index (χ0) is 25.4. The van der Waals surface area contributed by atoms with Crippen LogP contribution in [0.1, 0.15) is 16.7 Å². The second-order valence-corrected chi connectivity index (χ2v) is 10.2. The van der Waals surface area contributed by atoms with Gasteiger partial charge < -0.3 is 15.2 Å². The summed E-state index contributed by atoms with van der Waals surface area (Å²) in [6.07, 6.45) is 0.0577. The van der Waals surface area contributed by atoms with Crippen LogP contribution in [0.2, 0.25) is 0 Å². The molecule has 184 valence electrons. The number of benzene rings is 4. The minimum absolute atomic E-state index is 0.0453. The summed E-state index contributed by atoms with van der Waals surface area (Å²) in [4.78, 5) is 13.2. The number of nitrogens with one attached hydrogen (secondary N) is 1. The topological polar surface area (TPSA) is 92.7 Å². The summed E-state index contributed by atoms with van der Waals surface area (Å²) in [7, 11) is -3.93. The number of phenols is 1. The van der Waals surface area contributed by atoms with E-state index in [1.165, 1.54) is 30.3 Å². The van der Waals surface area contributed by atoms with E-state index in [1.54, 1.807) is 18.2 Å². The third-order valence-electron chi connectivity index (χ3n) is 5.72. The molecule has 0 spiro atoms. The second kappa shape index (κ2) is 11.7. The van der Waals surface area contributed by atoms with Crippen LogP contribution in [0, 0.1) is 0 Å². The van der Waals surface area contributed by atoms with Crippen molar-refractivity contribution in [3.05, 3.63) is 126 Å². The number of ether oxygens (including phenoxy) is 1. The third kappa shape index (κ3) is 6.38. The number of sulfone groups is 1. The molecule has 0 aliphatic heterocycles. The van der Waals surface area contributed by atoms with Crippen LogP contribution in [0.15, 0.2) is 119 Å². The minimum atomic E-state index is -3.93. The number of phenolic OH excluding ortho intramolecular Hbond substituents is 1. The van der Waals surface area contributed by atoms with Crippen molar-refractivity contribution < 1.29 is 23.1 Å². The van der Waals surface area contributed by atoms with Gasteiger partial charge in [-0.1, -0.05) is 84.9 Å². The molecular weight excluding hydrogens is 474 g/mol. The van der Waals surface area contributed by atoms with Gasteiger partial charge in [-0.05, 0) is 47.4 Å². The summed E-state index contributed by atoms with van der Waals surface area (Å²) >= 11 is 0. The molecule has 0 aliphatic carbocycles. The van der Waals surface area contributed by atoms with Crippen molar-refractivity contribution in [1.29, 1.82) is 0 Å². The van der Waals surface area contributed by atoms with E-state index in [2.05, 4.69) is 5.32 Å². The Labute approximate surface area is 211 Å². The molecule has 0 heterocycles. The normalized spacial score (nSPS) is 12.1. The van der Waals surface area contributed by atoms with Gasteiger partial charge in [0.05, 0.1) is 9.79 Å². The van der Waals surface area contributed by atoms with Crippen molar-refractivity contribution in [2.45, 2.75) is 35.4 Å². The van der Waals surface area contributed by atoms with Crippen LogP contribution in [-0.2, 0) is 38.9 Å². The SMILES string of the molecule is O=C(OCc1ccccc1)[C@H](Cc1ccc(O)cc1S(=O)(=O)c1ccccc1)NCc1ccccc1. The van der Waals surface area contributed by atoms with Gasteiger partial charge in [0.2, 0.25) is 9.84 Å². The van der Waals surface area contributed by atoms with E-state index in [9.17, 15) is 18.3 Å². The molecule has 0 radical (unpaired) electrons. The second-order valence-electron chi connectivity index (χ2n) is 8.33. The summed E-state index contributed by atoms with van der Waals surface area (Å²) in [5.74, 6) is -0.667. The van der Waals surface area contributed by atoms with E-state index in [0.29, 0.717) is 12.1 Å². The fourth-order valence-corrected chi connectivity index (χ4v) is 5.36. The van der Waals surface area contributed by atoms with E-state index in [-0.39, 0.29) is 28.6 Å². The Morgan fingerprint density at radius 2 is 1.39 bits per heavy atom. The van der Waals surface area contributed by atoms with Crippen molar-refractivity contribution >= 4 is 15.8 Å². The first-order valence-corrected chi connectivity index (χ1v) is 13.0. The first kappa shape index (κ1) is 25.2. The first-order valence-electron chi connectivity index (χ1n) is 11.5. The molecule has 0 fully saturated rings. The Balaban J connectivity index is 1.61. The number of rotatable bonds is 10. The van der Waals surface area contributed by atoms with E-state index < -0.39 is 21.8 Å². The molecule has 0 bridgehead atoms. The molecule has 0 amide bonds. The van der Waals surface area contributed by atoms with Gasteiger partial charge in [0.1, 0.15) is 18.4 Å². The molecule has 36 heavy (non-hydrogen) atoms. The lowest BCUT2D eigenvalue weighted by atomic mass is 10.0. The first-order chi connectivity index (χ1) is 17.4. The Kier molecular flexibility index (Phi) is 8.15. The molecule has 4 rings (SSSR count). The number of carbonyl (C=O) groups excluding carboxylic acids is 1. The number of hydrogen-bond acceptors (Lipinski definition) is 6. The molecular formula is C29H27NO5S. The van der Waals surface area contributed by atoms with E-state index in [4.69, 9.17) is 4.74 Å². The van der Waals surface area contributed by atoms with Crippen LogP contribution < -0.4 is 5.32 Å². The van der Waals surface area contributed by atoms with Crippen LogP contribution in [-0.4, -0.2) is 25.5 Å². The minimum Gasteiger partial charge on any atom is -0.508 e. The van der Waals surface area contributed by atoms with Gasteiger partial charge in [-0.3, -0.25) is 4.79 Å². The highest BCUT2D eigenvalue weighted by Gasteiger charge is 2.27. The number of hydrogen-bond donors (Lipinski definition) is 2. The Bertz CT molecular complexity index is 1390. The maximum Gasteiger partial charge on any atom is 0.323 e. The largest absolute Gasteiger partial charge is 0.508 e.